The summed E-state index contributed by atoms with van der Waals surface area (Å²) in [6, 6.07) is 14.6. The number of nitrogens with zero attached hydrogens (tertiary/aromatic N) is 3. The van der Waals surface area contributed by atoms with Gasteiger partial charge >= 0.3 is 0 Å². The van der Waals surface area contributed by atoms with Gasteiger partial charge in [-0.15, -0.1) is 0 Å². The summed E-state index contributed by atoms with van der Waals surface area (Å²) in [5.41, 5.74) is 3.63. The van der Waals surface area contributed by atoms with Crippen molar-refractivity contribution >= 4 is 5.69 Å². The minimum Gasteiger partial charge on any atom is -0.495 e. The molecule has 28 heavy (non-hydrogen) atoms. The third kappa shape index (κ3) is 3.73. The Bertz CT molecular complexity index is 948. The highest BCUT2D eigenvalue weighted by Gasteiger charge is 2.23. The molecule has 1 fully saturated rings. The first-order valence-corrected chi connectivity index (χ1v) is 9.47. The fourth-order valence-corrected chi connectivity index (χ4v) is 3.70. The Kier molecular flexibility index (Phi) is 5.30. The molecule has 1 saturated heterocycles. The average Bonchev–Trinajstić information content (AvgIpc) is 3.09. The first kappa shape index (κ1) is 18.5. The van der Waals surface area contributed by atoms with Crippen molar-refractivity contribution in [1.29, 1.82) is 0 Å². The highest BCUT2D eigenvalue weighted by atomic mass is 19.1. The molecule has 1 aliphatic rings. The Morgan fingerprint density at radius 2 is 1.86 bits per heavy atom. The molecule has 5 nitrogen and oxygen atoms in total. The number of benzene rings is 2. The topological polar surface area (TPSA) is 41.7 Å². The number of piperazine rings is 1. The van der Waals surface area contributed by atoms with Crippen molar-refractivity contribution in [3.8, 4) is 17.0 Å². The number of methoxy groups -OCH3 is 1. The number of halogens is 1. The van der Waals surface area contributed by atoms with Crippen LogP contribution in [-0.2, 0) is 6.54 Å². The van der Waals surface area contributed by atoms with Gasteiger partial charge in [0.2, 0.25) is 0 Å². The van der Waals surface area contributed by atoms with Crippen LogP contribution in [0.25, 0.3) is 11.3 Å². The minimum atomic E-state index is -0.269. The minimum absolute atomic E-state index is 0.269. The lowest BCUT2D eigenvalue weighted by molar-refractivity contribution is 0.247. The quantitative estimate of drug-likeness (QED) is 0.665. The SMILES string of the molecule is COc1ccccc1N1CCN(Cc2c(-c3cccc(F)c3)noc2C)CC1. The van der Waals surface area contributed by atoms with Crippen LogP contribution in [0.3, 0.4) is 0 Å². The van der Waals surface area contributed by atoms with Crippen LogP contribution in [0.1, 0.15) is 11.3 Å². The van der Waals surface area contributed by atoms with Gasteiger partial charge in [0.1, 0.15) is 23.0 Å². The van der Waals surface area contributed by atoms with Crippen LogP contribution in [0.15, 0.2) is 53.1 Å². The van der Waals surface area contributed by atoms with E-state index in [2.05, 4.69) is 21.0 Å². The van der Waals surface area contributed by atoms with Crippen molar-refractivity contribution < 1.29 is 13.7 Å². The zero-order valence-electron chi connectivity index (χ0n) is 16.2. The van der Waals surface area contributed by atoms with Crippen molar-refractivity contribution in [2.75, 3.05) is 38.2 Å². The molecule has 0 radical (unpaired) electrons. The standard InChI is InChI=1S/C22H24FN3O2/c1-16-19(22(24-28-16)17-6-5-7-18(23)14-17)15-25-10-12-26(13-11-25)20-8-3-4-9-21(20)27-2/h3-9,14H,10-13,15H2,1-2H3. The Labute approximate surface area is 164 Å². The van der Waals surface area contributed by atoms with Gasteiger partial charge in [-0.1, -0.05) is 29.4 Å². The van der Waals surface area contributed by atoms with Gasteiger partial charge in [0.15, 0.2) is 0 Å². The van der Waals surface area contributed by atoms with Gasteiger partial charge in [-0.25, -0.2) is 4.39 Å². The van der Waals surface area contributed by atoms with E-state index in [9.17, 15) is 4.39 Å². The molecule has 0 spiro atoms. The van der Waals surface area contributed by atoms with Crippen LogP contribution >= 0.6 is 0 Å². The van der Waals surface area contributed by atoms with E-state index in [0.717, 1.165) is 66.7 Å². The molecule has 0 N–H and O–H groups in total. The summed E-state index contributed by atoms with van der Waals surface area (Å²) < 4.78 is 24.6. The fourth-order valence-electron chi connectivity index (χ4n) is 3.70. The first-order valence-electron chi connectivity index (χ1n) is 9.47. The molecule has 2 aromatic carbocycles. The Hall–Kier alpha value is -2.86. The van der Waals surface area contributed by atoms with Gasteiger partial charge in [-0.3, -0.25) is 4.90 Å². The molecule has 4 rings (SSSR count). The molecular weight excluding hydrogens is 357 g/mol. The zero-order valence-corrected chi connectivity index (χ0v) is 16.2. The van der Waals surface area contributed by atoms with E-state index in [1.165, 1.54) is 12.1 Å². The maximum Gasteiger partial charge on any atom is 0.142 e. The van der Waals surface area contributed by atoms with Crippen molar-refractivity contribution in [1.82, 2.24) is 10.1 Å². The number of aromatic nitrogens is 1. The van der Waals surface area contributed by atoms with E-state index in [4.69, 9.17) is 9.26 Å². The number of anilines is 1. The van der Waals surface area contributed by atoms with Gasteiger partial charge in [0.25, 0.3) is 0 Å². The number of para-hydroxylation sites is 2. The van der Waals surface area contributed by atoms with Gasteiger partial charge in [0.05, 0.1) is 12.8 Å². The smallest absolute Gasteiger partial charge is 0.142 e. The highest BCUT2D eigenvalue weighted by molar-refractivity contribution is 5.63. The molecular formula is C22H24FN3O2. The molecule has 0 saturated carbocycles. The predicted octanol–water partition coefficient (Wildman–Crippen LogP) is 4.12. The number of aryl methyl sites for hydroxylation is 1. The van der Waals surface area contributed by atoms with Gasteiger partial charge in [0, 0.05) is 43.9 Å². The molecule has 0 bridgehead atoms. The third-order valence-electron chi connectivity index (χ3n) is 5.26. The van der Waals surface area contributed by atoms with E-state index in [-0.39, 0.29) is 5.82 Å². The molecule has 2 heterocycles. The summed E-state index contributed by atoms with van der Waals surface area (Å²) in [5, 5.41) is 4.18. The first-order chi connectivity index (χ1) is 13.7. The van der Waals surface area contributed by atoms with E-state index in [1.54, 1.807) is 13.2 Å². The number of hydrogen-bond donors (Lipinski definition) is 0. The van der Waals surface area contributed by atoms with E-state index < -0.39 is 0 Å². The summed E-state index contributed by atoms with van der Waals surface area (Å²) in [6.07, 6.45) is 0. The van der Waals surface area contributed by atoms with Crippen molar-refractivity contribution in [2.24, 2.45) is 0 Å². The molecule has 146 valence electrons. The van der Waals surface area contributed by atoms with Crippen LogP contribution < -0.4 is 9.64 Å². The predicted molar refractivity (Wildman–Crippen MR) is 107 cm³/mol. The molecule has 1 aliphatic heterocycles. The molecule has 0 amide bonds. The molecule has 0 aliphatic carbocycles. The maximum absolute atomic E-state index is 13.6. The van der Waals surface area contributed by atoms with Crippen LogP contribution in [-0.4, -0.2) is 43.3 Å². The van der Waals surface area contributed by atoms with E-state index in [0.29, 0.717) is 0 Å². The monoisotopic (exact) mass is 381 g/mol. The molecule has 0 unspecified atom stereocenters. The normalized spacial score (nSPS) is 15.0. The lowest BCUT2D eigenvalue weighted by atomic mass is 10.1. The fraction of sp³-hybridized carbons (Fsp3) is 0.318. The van der Waals surface area contributed by atoms with E-state index >= 15 is 0 Å². The number of ether oxygens (including phenoxy) is 1. The third-order valence-corrected chi connectivity index (χ3v) is 5.26. The Morgan fingerprint density at radius 3 is 2.61 bits per heavy atom. The largest absolute Gasteiger partial charge is 0.495 e. The summed E-state index contributed by atoms with van der Waals surface area (Å²) in [4.78, 5) is 4.73. The molecule has 0 atom stereocenters. The van der Waals surface area contributed by atoms with Crippen molar-refractivity contribution in [3.63, 3.8) is 0 Å². The summed E-state index contributed by atoms with van der Waals surface area (Å²) in [7, 11) is 1.71. The highest BCUT2D eigenvalue weighted by Crippen LogP contribution is 2.30. The summed E-state index contributed by atoms with van der Waals surface area (Å²) >= 11 is 0. The second-order valence-corrected chi connectivity index (χ2v) is 7.01. The maximum atomic E-state index is 13.6. The van der Waals surface area contributed by atoms with Crippen molar-refractivity contribution in [2.45, 2.75) is 13.5 Å². The second-order valence-electron chi connectivity index (χ2n) is 7.01. The average molecular weight is 381 g/mol. The zero-order chi connectivity index (χ0) is 19.5. The second kappa shape index (κ2) is 8.02. The lowest BCUT2D eigenvalue weighted by Crippen LogP contribution is -2.46. The van der Waals surface area contributed by atoms with Gasteiger partial charge in [-0.05, 0) is 31.2 Å². The van der Waals surface area contributed by atoms with Crippen molar-refractivity contribution in [3.05, 3.63) is 65.7 Å². The van der Waals surface area contributed by atoms with Crippen LogP contribution in [0.5, 0.6) is 5.75 Å². The Morgan fingerprint density at radius 1 is 1.07 bits per heavy atom. The molecule has 6 heteroatoms. The van der Waals surface area contributed by atoms with Gasteiger partial charge < -0.3 is 14.2 Å². The number of rotatable bonds is 5. The molecule has 1 aromatic heterocycles. The van der Waals surface area contributed by atoms with Gasteiger partial charge in [-0.2, -0.15) is 0 Å². The lowest BCUT2D eigenvalue weighted by Gasteiger charge is -2.36. The molecule has 3 aromatic rings. The Balaban J connectivity index is 1.47. The summed E-state index contributed by atoms with van der Waals surface area (Å²) in [6.45, 7) is 6.33. The van der Waals surface area contributed by atoms with Crippen LogP contribution in [0.2, 0.25) is 0 Å². The van der Waals surface area contributed by atoms with E-state index in [1.807, 2.05) is 31.2 Å². The van der Waals surface area contributed by atoms with Crippen LogP contribution in [0, 0.1) is 12.7 Å². The summed E-state index contributed by atoms with van der Waals surface area (Å²) in [5.74, 6) is 1.42. The number of hydrogen-bond acceptors (Lipinski definition) is 5. The van der Waals surface area contributed by atoms with Crippen LogP contribution in [0.4, 0.5) is 10.1 Å².